The Hall–Kier alpha value is -1.19. The summed E-state index contributed by atoms with van der Waals surface area (Å²) in [4.78, 5) is 0. The molecule has 5 nitrogen and oxygen atoms in total. The van der Waals surface area contributed by atoms with E-state index in [1.54, 1.807) is 16.7 Å². The number of hydrogen-bond donors (Lipinski definition) is 0. The maximum absolute atomic E-state index is 9.59. The molecule has 4 aliphatic carbocycles. The van der Waals surface area contributed by atoms with Crippen molar-refractivity contribution in [3.8, 4) is 6.07 Å². The average molecular weight is 542 g/mol. The molecule has 0 saturated heterocycles. The third-order valence-electron chi connectivity index (χ3n) is 11.4. The molecule has 0 heterocycles. The Morgan fingerprint density at radius 1 is 0.949 bits per heavy atom. The molecule has 4 aliphatic rings. The second-order valence-electron chi connectivity index (χ2n) is 13.8. The van der Waals surface area contributed by atoms with Crippen LogP contribution in [-0.2, 0) is 18.9 Å². The number of nitrogens with zero attached hydrogens (tertiary/aromatic N) is 1. The molecule has 39 heavy (non-hydrogen) atoms. The fourth-order valence-electron chi connectivity index (χ4n) is 9.47. The van der Waals surface area contributed by atoms with Crippen LogP contribution in [-0.4, -0.2) is 38.0 Å². The molecule has 0 bridgehead atoms. The first-order valence-electron chi connectivity index (χ1n) is 15.8. The van der Waals surface area contributed by atoms with Crippen molar-refractivity contribution in [2.24, 2.45) is 34.0 Å². The molecule has 1 saturated carbocycles. The molecule has 4 rings (SSSR count). The minimum atomic E-state index is -0.285. The standard InChI is InChI=1S/C34H55NO4/c1-10-36-23(4)38-29(18-21-35)22(3)26-13-14-27-25-12-15-30-32(6,7)31(39-24(5)37-11-2)17-20-34(30,9)28(25)16-19-33(26,27)8/h14,22-24,26,29-31H,10-13,15-20H2,1-9H3/t22-,23?,24?,26+,29-,30-,31-,33+,34+/m0/s1. The Bertz CT molecular complexity index is 978. The first-order valence-corrected chi connectivity index (χ1v) is 15.8. The molecule has 0 aromatic rings. The van der Waals surface area contributed by atoms with Crippen molar-refractivity contribution in [1.29, 1.82) is 5.26 Å². The second-order valence-corrected chi connectivity index (χ2v) is 13.8. The predicted molar refractivity (Wildman–Crippen MR) is 156 cm³/mol. The Morgan fingerprint density at radius 2 is 1.64 bits per heavy atom. The summed E-state index contributed by atoms with van der Waals surface area (Å²) in [6.07, 6.45) is 10.8. The van der Waals surface area contributed by atoms with Gasteiger partial charge >= 0.3 is 0 Å². The lowest BCUT2D eigenvalue weighted by Gasteiger charge is -2.60. The van der Waals surface area contributed by atoms with E-state index in [-0.39, 0.29) is 41.0 Å². The summed E-state index contributed by atoms with van der Waals surface area (Å²) in [5.74, 6) is 1.39. The summed E-state index contributed by atoms with van der Waals surface area (Å²) >= 11 is 0. The number of rotatable bonds is 11. The SMILES string of the molecule is CCOC(C)O[C@@H](CC#N)[C@@H](C)[C@H]1CC=C2C3=C(CC[C@@]21C)[C@@]1(C)CC[C@H](OC(C)OCC)C(C)(C)[C@@H]1CC3. The van der Waals surface area contributed by atoms with Crippen LogP contribution in [0.1, 0.15) is 114 Å². The van der Waals surface area contributed by atoms with Crippen LogP contribution in [0, 0.1) is 45.3 Å². The third kappa shape index (κ3) is 5.53. The van der Waals surface area contributed by atoms with Crippen molar-refractivity contribution in [3.05, 3.63) is 22.8 Å². The molecule has 0 N–H and O–H groups in total. The fraction of sp³-hybridized carbons (Fsp3) is 0.853. The van der Waals surface area contributed by atoms with E-state index in [9.17, 15) is 5.26 Å². The minimum absolute atomic E-state index is 0.107. The number of fused-ring (bicyclic) bond motifs is 4. The van der Waals surface area contributed by atoms with Gasteiger partial charge in [0.15, 0.2) is 12.6 Å². The lowest BCUT2D eigenvalue weighted by Crippen LogP contribution is -2.54. The van der Waals surface area contributed by atoms with Crippen LogP contribution in [0.5, 0.6) is 0 Å². The van der Waals surface area contributed by atoms with E-state index in [0.717, 1.165) is 12.8 Å². The zero-order chi connectivity index (χ0) is 28.6. The summed E-state index contributed by atoms with van der Waals surface area (Å²) in [7, 11) is 0. The number of ether oxygens (including phenoxy) is 4. The molecule has 220 valence electrons. The molecule has 0 aromatic heterocycles. The van der Waals surface area contributed by atoms with Gasteiger partial charge in [-0.15, -0.1) is 0 Å². The second kappa shape index (κ2) is 12.0. The van der Waals surface area contributed by atoms with Crippen molar-refractivity contribution in [1.82, 2.24) is 0 Å². The van der Waals surface area contributed by atoms with E-state index in [4.69, 9.17) is 18.9 Å². The maximum Gasteiger partial charge on any atom is 0.155 e. The molecule has 0 aliphatic heterocycles. The Balaban J connectivity index is 1.56. The van der Waals surface area contributed by atoms with Crippen LogP contribution in [0.3, 0.4) is 0 Å². The van der Waals surface area contributed by atoms with Gasteiger partial charge in [-0.1, -0.05) is 46.3 Å². The molecular formula is C34H55NO4. The van der Waals surface area contributed by atoms with Crippen LogP contribution in [0.15, 0.2) is 22.8 Å². The summed E-state index contributed by atoms with van der Waals surface area (Å²) in [6.45, 7) is 21.6. The Kier molecular flexibility index (Phi) is 9.44. The van der Waals surface area contributed by atoms with Gasteiger partial charge in [-0.3, -0.25) is 0 Å². The molecule has 2 unspecified atom stereocenters. The highest BCUT2D eigenvalue weighted by Crippen LogP contribution is 2.67. The zero-order valence-electron chi connectivity index (χ0n) is 26.3. The maximum atomic E-state index is 9.59. The molecule has 0 spiro atoms. The van der Waals surface area contributed by atoms with E-state index in [0.29, 0.717) is 37.4 Å². The van der Waals surface area contributed by atoms with Gasteiger partial charge in [-0.2, -0.15) is 5.26 Å². The van der Waals surface area contributed by atoms with Crippen LogP contribution in [0.2, 0.25) is 0 Å². The minimum Gasteiger partial charge on any atom is -0.353 e. The highest BCUT2D eigenvalue weighted by molar-refractivity contribution is 5.50. The van der Waals surface area contributed by atoms with Gasteiger partial charge in [0.25, 0.3) is 0 Å². The van der Waals surface area contributed by atoms with Crippen LogP contribution in [0.4, 0.5) is 0 Å². The molecule has 0 aromatic carbocycles. The number of allylic oxidation sites excluding steroid dienone is 4. The van der Waals surface area contributed by atoms with Crippen molar-refractivity contribution in [2.45, 2.75) is 138 Å². The molecule has 1 fully saturated rings. The zero-order valence-corrected chi connectivity index (χ0v) is 26.3. The number of hydrogen-bond acceptors (Lipinski definition) is 5. The summed E-state index contributed by atoms with van der Waals surface area (Å²) in [6, 6.07) is 2.39. The van der Waals surface area contributed by atoms with Crippen molar-refractivity contribution in [2.75, 3.05) is 13.2 Å². The lowest BCUT2D eigenvalue weighted by atomic mass is 9.46. The average Bonchev–Trinajstić information content (AvgIpc) is 3.23. The van der Waals surface area contributed by atoms with E-state index >= 15 is 0 Å². The summed E-state index contributed by atoms with van der Waals surface area (Å²) in [5, 5.41) is 9.59. The van der Waals surface area contributed by atoms with Gasteiger partial charge < -0.3 is 18.9 Å². The fourth-order valence-corrected chi connectivity index (χ4v) is 9.47. The normalized spacial score (nSPS) is 36.6. The Morgan fingerprint density at radius 3 is 2.31 bits per heavy atom. The van der Waals surface area contributed by atoms with E-state index in [2.05, 4.69) is 46.8 Å². The molecule has 5 heteroatoms. The number of nitriles is 1. The van der Waals surface area contributed by atoms with E-state index in [1.165, 1.54) is 32.1 Å². The van der Waals surface area contributed by atoms with E-state index < -0.39 is 0 Å². The van der Waals surface area contributed by atoms with Crippen molar-refractivity contribution in [3.63, 3.8) is 0 Å². The third-order valence-corrected chi connectivity index (χ3v) is 11.4. The quantitative estimate of drug-likeness (QED) is 0.246. The van der Waals surface area contributed by atoms with Gasteiger partial charge in [-0.25, -0.2) is 0 Å². The highest BCUT2D eigenvalue weighted by Gasteiger charge is 2.58. The van der Waals surface area contributed by atoms with Gasteiger partial charge in [0, 0.05) is 13.2 Å². The van der Waals surface area contributed by atoms with Crippen LogP contribution < -0.4 is 0 Å². The van der Waals surface area contributed by atoms with Gasteiger partial charge in [-0.05, 0) is 118 Å². The molecule has 0 amide bonds. The van der Waals surface area contributed by atoms with Crippen LogP contribution in [0.25, 0.3) is 0 Å². The molecule has 9 atom stereocenters. The van der Waals surface area contributed by atoms with Crippen molar-refractivity contribution < 1.29 is 18.9 Å². The summed E-state index contributed by atoms with van der Waals surface area (Å²) in [5.41, 5.74) is 5.53. The monoisotopic (exact) mass is 541 g/mol. The Labute approximate surface area is 238 Å². The largest absolute Gasteiger partial charge is 0.353 e. The molecule has 0 radical (unpaired) electrons. The van der Waals surface area contributed by atoms with Crippen LogP contribution >= 0.6 is 0 Å². The topological polar surface area (TPSA) is 60.7 Å². The first-order chi connectivity index (χ1) is 18.4. The van der Waals surface area contributed by atoms with Gasteiger partial charge in [0.1, 0.15) is 0 Å². The lowest BCUT2D eigenvalue weighted by molar-refractivity contribution is -0.214. The smallest absolute Gasteiger partial charge is 0.155 e. The summed E-state index contributed by atoms with van der Waals surface area (Å²) < 4.78 is 24.2. The first kappa shape index (κ1) is 30.8. The highest BCUT2D eigenvalue weighted by atomic mass is 16.7. The van der Waals surface area contributed by atoms with Gasteiger partial charge in [0.05, 0.1) is 24.7 Å². The van der Waals surface area contributed by atoms with Gasteiger partial charge in [0.2, 0.25) is 0 Å². The predicted octanol–water partition coefficient (Wildman–Crippen LogP) is 8.35. The van der Waals surface area contributed by atoms with Crippen molar-refractivity contribution >= 4 is 0 Å². The van der Waals surface area contributed by atoms with E-state index in [1.807, 2.05) is 27.7 Å². The molecular weight excluding hydrogens is 486 g/mol.